The van der Waals surface area contributed by atoms with Crippen molar-refractivity contribution in [1.29, 1.82) is 0 Å². The summed E-state index contributed by atoms with van der Waals surface area (Å²) in [6.45, 7) is 4.49. The number of amides is 2. The van der Waals surface area contributed by atoms with E-state index in [1.54, 1.807) is 6.20 Å². The van der Waals surface area contributed by atoms with Gasteiger partial charge in [0.1, 0.15) is 0 Å². The van der Waals surface area contributed by atoms with Crippen molar-refractivity contribution in [2.24, 2.45) is 17.3 Å². The van der Waals surface area contributed by atoms with Crippen LogP contribution in [0.3, 0.4) is 0 Å². The van der Waals surface area contributed by atoms with Crippen molar-refractivity contribution < 1.29 is 9.59 Å². The van der Waals surface area contributed by atoms with Crippen LogP contribution in [0.2, 0.25) is 0 Å². The first kappa shape index (κ1) is 19.3. The van der Waals surface area contributed by atoms with E-state index in [1.807, 2.05) is 21.2 Å². The molecule has 1 N–H and O–H groups in total. The molecule has 162 valence electrons. The first-order valence-electron chi connectivity index (χ1n) is 11.5. The van der Waals surface area contributed by atoms with Crippen LogP contribution in [0.15, 0.2) is 29.8 Å². The fourth-order valence-electron chi connectivity index (χ4n) is 5.96. The Morgan fingerprint density at radius 1 is 1.13 bits per heavy atom. The molecule has 0 radical (unpaired) electrons. The van der Waals surface area contributed by atoms with E-state index in [4.69, 9.17) is 0 Å². The summed E-state index contributed by atoms with van der Waals surface area (Å²) in [5.41, 5.74) is 3.70. The van der Waals surface area contributed by atoms with Crippen molar-refractivity contribution in [2.45, 2.75) is 32.1 Å². The smallest absolute Gasteiger partial charge is 0.282 e. The van der Waals surface area contributed by atoms with Crippen LogP contribution in [0.5, 0.6) is 0 Å². The van der Waals surface area contributed by atoms with Gasteiger partial charge in [0.15, 0.2) is 5.01 Å². The number of rotatable bonds is 3. The number of aryl methyl sites for hydroxylation is 1. The van der Waals surface area contributed by atoms with Gasteiger partial charge in [-0.2, -0.15) is 0 Å². The third-order valence-corrected chi connectivity index (χ3v) is 8.73. The molecule has 1 aliphatic carbocycles. The molecule has 1 saturated carbocycles. The molecule has 4 heterocycles. The van der Waals surface area contributed by atoms with E-state index < -0.39 is 0 Å². The summed E-state index contributed by atoms with van der Waals surface area (Å²) < 4.78 is 0. The van der Waals surface area contributed by atoms with Crippen LogP contribution in [0.4, 0.5) is 5.69 Å². The van der Waals surface area contributed by atoms with Gasteiger partial charge in [-0.05, 0) is 73.1 Å². The molecule has 2 amide bonds. The predicted octanol–water partition coefficient (Wildman–Crippen LogP) is 3.52. The molecule has 4 aliphatic rings. The van der Waals surface area contributed by atoms with Crippen LogP contribution in [0.1, 0.15) is 51.4 Å². The number of hydrogen-bond donors (Lipinski definition) is 1. The largest absolute Gasteiger partial charge is 0.385 e. The van der Waals surface area contributed by atoms with E-state index in [0.717, 1.165) is 69.9 Å². The van der Waals surface area contributed by atoms with Crippen molar-refractivity contribution in [3.05, 3.63) is 45.9 Å². The maximum absolute atomic E-state index is 13.0. The molecular formula is C24H28N4O2S. The van der Waals surface area contributed by atoms with Crippen molar-refractivity contribution in [2.75, 3.05) is 38.0 Å². The Bertz CT molecular complexity index is 1010. The number of thiazole rings is 1. The summed E-state index contributed by atoms with van der Waals surface area (Å²) in [5, 5.41) is 5.88. The van der Waals surface area contributed by atoms with Crippen molar-refractivity contribution in [1.82, 2.24) is 14.8 Å². The summed E-state index contributed by atoms with van der Waals surface area (Å²) in [7, 11) is 0. The zero-order valence-corrected chi connectivity index (χ0v) is 18.5. The number of anilines is 1. The monoisotopic (exact) mass is 436 g/mol. The van der Waals surface area contributed by atoms with Crippen molar-refractivity contribution in [3.8, 4) is 0 Å². The predicted molar refractivity (Wildman–Crippen MR) is 120 cm³/mol. The van der Waals surface area contributed by atoms with Gasteiger partial charge in [0.2, 0.25) is 0 Å². The third-order valence-electron chi connectivity index (χ3n) is 7.97. The number of fused-ring (bicyclic) bond motifs is 1. The van der Waals surface area contributed by atoms with E-state index in [2.05, 4.69) is 22.4 Å². The fourth-order valence-corrected chi connectivity index (χ4v) is 6.57. The lowest BCUT2D eigenvalue weighted by Gasteiger charge is -2.42. The standard InChI is InChI=1S/C24H28N4O2S/c29-22(17-3-4-20-16(12-17)2-1-7-25-20)28-14-18(15-28)19-13-24(19)5-9-27(10-6-24)23(30)21-26-8-11-31-21/h3-4,8,11-12,18-19,25H,1-2,5-7,9-10,13-15H2. The van der Waals surface area contributed by atoms with Gasteiger partial charge < -0.3 is 15.1 Å². The Labute approximate surface area is 186 Å². The zero-order valence-electron chi connectivity index (χ0n) is 17.7. The highest BCUT2D eigenvalue weighted by Gasteiger charge is 2.60. The van der Waals surface area contributed by atoms with E-state index in [-0.39, 0.29) is 11.8 Å². The normalized spacial score (nSPS) is 24.3. The number of benzene rings is 1. The number of aromatic nitrogens is 1. The lowest BCUT2D eigenvalue weighted by atomic mass is 9.83. The Morgan fingerprint density at radius 3 is 2.74 bits per heavy atom. The van der Waals surface area contributed by atoms with Gasteiger partial charge in [0, 0.05) is 55.6 Å². The minimum Gasteiger partial charge on any atom is -0.385 e. The Morgan fingerprint density at radius 2 is 1.97 bits per heavy atom. The molecule has 3 aliphatic heterocycles. The zero-order chi connectivity index (χ0) is 21.0. The number of nitrogens with zero attached hydrogens (tertiary/aromatic N) is 3. The minimum atomic E-state index is 0.0858. The molecule has 1 atom stereocenters. The van der Waals surface area contributed by atoms with Gasteiger partial charge in [-0.25, -0.2) is 4.98 Å². The number of hydrogen-bond acceptors (Lipinski definition) is 5. The Balaban J connectivity index is 1.02. The fraction of sp³-hybridized carbons (Fsp3) is 0.542. The molecule has 6 rings (SSSR count). The summed E-state index contributed by atoms with van der Waals surface area (Å²) >= 11 is 1.42. The number of carbonyl (C=O) groups excluding carboxylic acids is 2. The van der Waals surface area contributed by atoms with E-state index >= 15 is 0 Å². The molecule has 1 aromatic carbocycles. The summed E-state index contributed by atoms with van der Waals surface area (Å²) in [6, 6.07) is 6.13. The first-order chi connectivity index (χ1) is 15.1. The first-order valence-corrected chi connectivity index (χ1v) is 12.4. The van der Waals surface area contributed by atoms with Crippen molar-refractivity contribution >= 4 is 28.8 Å². The van der Waals surface area contributed by atoms with Crippen LogP contribution in [0, 0.1) is 17.3 Å². The van der Waals surface area contributed by atoms with E-state index in [1.165, 1.54) is 29.0 Å². The van der Waals surface area contributed by atoms with E-state index in [9.17, 15) is 9.59 Å². The second-order valence-corrected chi connectivity index (χ2v) is 10.6. The molecular weight excluding hydrogens is 408 g/mol. The maximum Gasteiger partial charge on any atom is 0.282 e. The van der Waals surface area contributed by atoms with Crippen LogP contribution in [0.25, 0.3) is 0 Å². The number of carbonyl (C=O) groups is 2. The highest BCUT2D eigenvalue weighted by atomic mass is 32.1. The molecule has 7 heteroatoms. The Kier molecular flexibility index (Phi) is 4.56. The molecule has 3 fully saturated rings. The summed E-state index contributed by atoms with van der Waals surface area (Å²) in [4.78, 5) is 33.7. The summed E-state index contributed by atoms with van der Waals surface area (Å²) in [6.07, 6.45) is 7.34. The van der Waals surface area contributed by atoms with Crippen LogP contribution < -0.4 is 5.32 Å². The highest BCUT2D eigenvalue weighted by molar-refractivity contribution is 7.11. The van der Waals surface area contributed by atoms with Gasteiger partial charge in [-0.1, -0.05) is 0 Å². The minimum absolute atomic E-state index is 0.0858. The van der Waals surface area contributed by atoms with Gasteiger partial charge in [0.05, 0.1) is 0 Å². The van der Waals surface area contributed by atoms with Crippen molar-refractivity contribution in [3.63, 3.8) is 0 Å². The maximum atomic E-state index is 13.0. The topological polar surface area (TPSA) is 65.5 Å². The second kappa shape index (κ2) is 7.33. The number of nitrogens with one attached hydrogen (secondary N) is 1. The molecule has 1 spiro atoms. The quantitative estimate of drug-likeness (QED) is 0.800. The van der Waals surface area contributed by atoms with Gasteiger partial charge >= 0.3 is 0 Å². The second-order valence-electron chi connectivity index (χ2n) is 9.67. The average Bonchev–Trinajstić information content (AvgIpc) is 3.19. The average molecular weight is 437 g/mol. The molecule has 1 unspecified atom stereocenters. The van der Waals surface area contributed by atoms with E-state index in [0.29, 0.717) is 16.3 Å². The third kappa shape index (κ3) is 3.34. The van der Waals surface area contributed by atoms with Crippen LogP contribution in [-0.4, -0.2) is 59.3 Å². The molecule has 2 saturated heterocycles. The van der Waals surface area contributed by atoms with Gasteiger partial charge in [-0.15, -0.1) is 11.3 Å². The SMILES string of the molecule is O=C(c1ccc2c(c1)CCCN2)N1CC(C2CC23CCN(C(=O)c2nccs2)CC3)C1. The van der Waals surface area contributed by atoms with Crippen LogP contribution >= 0.6 is 11.3 Å². The number of piperidine rings is 1. The highest BCUT2D eigenvalue weighted by Crippen LogP contribution is 2.63. The lowest BCUT2D eigenvalue weighted by Crippen LogP contribution is -2.52. The molecule has 31 heavy (non-hydrogen) atoms. The molecule has 1 aromatic heterocycles. The van der Waals surface area contributed by atoms with Gasteiger partial charge in [0.25, 0.3) is 11.8 Å². The van der Waals surface area contributed by atoms with Gasteiger partial charge in [-0.3, -0.25) is 9.59 Å². The molecule has 6 nitrogen and oxygen atoms in total. The molecule has 2 aromatic rings. The lowest BCUT2D eigenvalue weighted by molar-refractivity contribution is 0.0381. The molecule has 0 bridgehead atoms. The summed E-state index contributed by atoms with van der Waals surface area (Å²) in [5.74, 6) is 1.62. The number of likely N-dealkylation sites (tertiary alicyclic amines) is 2. The van der Waals surface area contributed by atoms with Crippen LogP contribution in [-0.2, 0) is 6.42 Å². The Hall–Kier alpha value is -2.41.